The van der Waals surface area contributed by atoms with Gasteiger partial charge in [0, 0.05) is 11.1 Å². The van der Waals surface area contributed by atoms with Crippen LogP contribution >= 0.6 is 0 Å². The molecular weight excluding hydrogens is 324 g/mol. The Kier molecular flexibility index (Phi) is 4.38. The van der Waals surface area contributed by atoms with Crippen molar-refractivity contribution in [1.82, 2.24) is 0 Å². The fourth-order valence-electron chi connectivity index (χ4n) is 4.21. The Morgan fingerprint density at radius 2 is 1.69 bits per heavy atom. The van der Waals surface area contributed by atoms with Crippen molar-refractivity contribution in [3.05, 3.63) is 58.7 Å². The first-order valence-electron chi connectivity index (χ1n) is 9.14. The number of carbonyl (C=O) groups excluding carboxylic acids is 1. The molecule has 1 unspecified atom stereocenters. The summed E-state index contributed by atoms with van der Waals surface area (Å²) in [6.45, 7) is 13.1. The number of ether oxygens (including phenoxy) is 1. The Labute approximate surface area is 156 Å². The predicted octanol–water partition coefficient (Wildman–Crippen LogP) is 5.47. The summed E-state index contributed by atoms with van der Waals surface area (Å²) in [7, 11) is 0. The third kappa shape index (κ3) is 3.48. The van der Waals surface area contributed by atoms with Gasteiger partial charge in [-0.25, -0.2) is 0 Å². The van der Waals surface area contributed by atoms with Crippen LogP contribution in [0.4, 0.5) is 0 Å². The molecule has 0 bridgehead atoms. The number of aryl methyl sites for hydroxylation is 1. The molecule has 138 valence electrons. The van der Waals surface area contributed by atoms with E-state index < -0.39 is 5.92 Å². The number of carbonyl (C=O) groups is 1. The van der Waals surface area contributed by atoms with E-state index in [1.807, 2.05) is 37.3 Å². The second-order valence-electron chi connectivity index (χ2n) is 9.29. The standard InChI is InChI=1S/C23H28O3/c1-14-7-10-19-17(11-14)20(21(25)26-19)16-12-15(8-9-18(16)24)23(5,6)13-22(2,3)4/h7-12,20,24H,13H2,1-6H3. The molecule has 0 radical (unpaired) electrons. The summed E-state index contributed by atoms with van der Waals surface area (Å²) in [6.07, 6.45) is 0.995. The molecule has 3 rings (SSSR count). The highest BCUT2D eigenvalue weighted by Crippen LogP contribution is 2.44. The summed E-state index contributed by atoms with van der Waals surface area (Å²) in [6, 6.07) is 11.4. The van der Waals surface area contributed by atoms with E-state index in [4.69, 9.17) is 4.74 Å². The molecule has 2 aromatic carbocycles. The van der Waals surface area contributed by atoms with Crippen LogP contribution in [0, 0.1) is 12.3 Å². The van der Waals surface area contributed by atoms with Gasteiger partial charge in [0.1, 0.15) is 17.4 Å². The van der Waals surface area contributed by atoms with Crippen LogP contribution in [-0.4, -0.2) is 11.1 Å². The molecule has 0 saturated carbocycles. The molecule has 2 aromatic rings. The van der Waals surface area contributed by atoms with E-state index in [1.54, 1.807) is 6.07 Å². The lowest BCUT2D eigenvalue weighted by molar-refractivity contribution is -0.133. The topological polar surface area (TPSA) is 46.5 Å². The van der Waals surface area contributed by atoms with Crippen LogP contribution in [-0.2, 0) is 10.2 Å². The van der Waals surface area contributed by atoms with E-state index in [9.17, 15) is 9.90 Å². The van der Waals surface area contributed by atoms with Crippen LogP contribution in [0.15, 0.2) is 36.4 Å². The molecule has 1 heterocycles. The van der Waals surface area contributed by atoms with Crippen molar-refractivity contribution in [1.29, 1.82) is 0 Å². The molecule has 0 aliphatic carbocycles. The van der Waals surface area contributed by atoms with Gasteiger partial charge in [-0.1, -0.05) is 64.4 Å². The lowest BCUT2D eigenvalue weighted by Gasteiger charge is -2.33. The zero-order chi connectivity index (χ0) is 19.3. The van der Waals surface area contributed by atoms with Gasteiger partial charge in [0.2, 0.25) is 0 Å². The SMILES string of the molecule is Cc1ccc2c(c1)C(c1cc(C(C)(C)CC(C)(C)C)ccc1O)C(=O)O2. The van der Waals surface area contributed by atoms with Gasteiger partial charge >= 0.3 is 5.97 Å². The highest BCUT2D eigenvalue weighted by molar-refractivity contribution is 5.90. The number of rotatable bonds is 3. The van der Waals surface area contributed by atoms with Crippen molar-refractivity contribution in [2.45, 2.75) is 59.3 Å². The first kappa shape index (κ1) is 18.5. The summed E-state index contributed by atoms with van der Waals surface area (Å²) < 4.78 is 5.44. The molecule has 0 spiro atoms. The second-order valence-corrected chi connectivity index (χ2v) is 9.29. The Hall–Kier alpha value is -2.29. The molecule has 1 aliphatic heterocycles. The van der Waals surface area contributed by atoms with Crippen LogP contribution in [0.3, 0.4) is 0 Å². The van der Waals surface area contributed by atoms with Gasteiger partial charge in [0.15, 0.2) is 0 Å². The fourth-order valence-corrected chi connectivity index (χ4v) is 4.21. The van der Waals surface area contributed by atoms with Gasteiger partial charge in [-0.2, -0.15) is 0 Å². The molecule has 0 amide bonds. The number of phenolic OH excluding ortho intramolecular Hbond substituents is 1. The van der Waals surface area contributed by atoms with Gasteiger partial charge in [-0.05, 0) is 41.9 Å². The number of aromatic hydroxyl groups is 1. The number of esters is 1. The zero-order valence-electron chi connectivity index (χ0n) is 16.5. The normalized spacial score (nSPS) is 17.2. The number of fused-ring (bicyclic) bond motifs is 1. The van der Waals surface area contributed by atoms with Crippen molar-refractivity contribution in [3.63, 3.8) is 0 Å². The molecule has 0 saturated heterocycles. The zero-order valence-corrected chi connectivity index (χ0v) is 16.5. The minimum atomic E-state index is -0.574. The van der Waals surface area contributed by atoms with Crippen molar-refractivity contribution < 1.29 is 14.6 Å². The van der Waals surface area contributed by atoms with Crippen molar-refractivity contribution >= 4 is 5.97 Å². The highest BCUT2D eigenvalue weighted by Gasteiger charge is 2.37. The van der Waals surface area contributed by atoms with Crippen LogP contribution in [0.25, 0.3) is 0 Å². The molecule has 26 heavy (non-hydrogen) atoms. The third-order valence-electron chi connectivity index (χ3n) is 5.01. The quantitative estimate of drug-likeness (QED) is 0.589. The molecular formula is C23H28O3. The lowest BCUT2D eigenvalue weighted by Crippen LogP contribution is -2.25. The Morgan fingerprint density at radius 1 is 1.00 bits per heavy atom. The third-order valence-corrected chi connectivity index (χ3v) is 5.01. The summed E-state index contributed by atoms with van der Waals surface area (Å²) in [5, 5.41) is 10.5. The van der Waals surface area contributed by atoms with Crippen molar-refractivity contribution in [2.24, 2.45) is 5.41 Å². The summed E-state index contributed by atoms with van der Waals surface area (Å²) >= 11 is 0. The van der Waals surface area contributed by atoms with Crippen LogP contribution < -0.4 is 4.74 Å². The van der Waals surface area contributed by atoms with Crippen molar-refractivity contribution in [3.8, 4) is 11.5 Å². The van der Waals surface area contributed by atoms with Crippen LogP contribution in [0.2, 0.25) is 0 Å². The molecule has 1 N–H and O–H groups in total. The Balaban J connectivity index is 2.07. The van der Waals surface area contributed by atoms with Gasteiger partial charge in [-0.3, -0.25) is 4.79 Å². The molecule has 1 aliphatic rings. The van der Waals surface area contributed by atoms with E-state index in [1.165, 1.54) is 0 Å². The predicted molar refractivity (Wildman–Crippen MR) is 104 cm³/mol. The van der Waals surface area contributed by atoms with Gasteiger partial charge < -0.3 is 9.84 Å². The van der Waals surface area contributed by atoms with Crippen molar-refractivity contribution in [2.75, 3.05) is 0 Å². The number of hydrogen-bond donors (Lipinski definition) is 1. The Bertz CT molecular complexity index is 856. The molecule has 3 heteroatoms. The van der Waals surface area contributed by atoms with Gasteiger partial charge in [0.25, 0.3) is 0 Å². The lowest BCUT2D eigenvalue weighted by atomic mass is 9.71. The number of benzene rings is 2. The average Bonchev–Trinajstić information content (AvgIpc) is 2.80. The average molecular weight is 352 g/mol. The molecule has 1 atom stereocenters. The maximum Gasteiger partial charge on any atom is 0.323 e. The van der Waals surface area contributed by atoms with E-state index in [0.29, 0.717) is 11.3 Å². The Morgan fingerprint density at radius 3 is 2.35 bits per heavy atom. The number of hydrogen-bond acceptors (Lipinski definition) is 3. The minimum absolute atomic E-state index is 0.0708. The minimum Gasteiger partial charge on any atom is -0.508 e. The monoisotopic (exact) mass is 352 g/mol. The van der Waals surface area contributed by atoms with E-state index in [0.717, 1.165) is 23.1 Å². The van der Waals surface area contributed by atoms with E-state index >= 15 is 0 Å². The highest BCUT2D eigenvalue weighted by atomic mass is 16.5. The first-order chi connectivity index (χ1) is 12.0. The summed E-state index contributed by atoms with van der Waals surface area (Å²) in [5.74, 6) is -0.178. The fraction of sp³-hybridized carbons (Fsp3) is 0.435. The largest absolute Gasteiger partial charge is 0.508 e. The summed E-state index contributed by atoms with van der Waals surface area (Å²) in [5.41, 5.74) is 3.75. The smallest absolute Gasteiger partial charge is 0.323 e. The molecule has 3 nitrogen and oxygen atoms in total. The first-order valence-corrected chi connectivity index (χ1v) is 9.14. The maximum atomic E-state index is 12.6. The number of phenols is 1. The van der Waals surface area contributed by atoms with Gasteiger partial charge in [-0.15, -0.1) is 0 Å². The summed E-state index contributed by atoms with van der Waals surface area (Å²) in [4.78, 5) is 12.6. The van der Waals surface area contributed by atoms with E-state index in [-0.39, 0.29) is 22.5 Å². The van der Waals surface area contributed by atoms with E-state index in [2.05, 4.69) is 34.6 Å². The van der Waals surface area contributed by atoms with Gasteiger partial charge in [0.05, 0.1) is 0 Å². The molecule has 0 fully saturated rings. The maximum absolute atomic E-state index is 12.6. The second kappa shape index (κ2) is 6.15. The van der Waals surface area contributed by atoms with Crippen LogP contribution in [0.1, 0.15) is 69.2 Å². The molecule has 0 aromatic heterocycles. The van der Waals surface area contributed by atoms with Crippen LogP contribution in [0.5, 0.6) is 11.5 Å².